The molecule has 1 aliphatic rings. The van der Waals surface area contributed by atoms with E-state index >= 15 is 0 Å². The number of benzene rings is 1. The van der Waals surface area contributed by atoms with E-state index in [2.05, 4.69) is 15.6 Å². The molecule has 0 aliphatic carbocycles. The molecule has 2 amide bonds. The number of carbonyl (C=O) groups excluding carboxylic acids is 1. The Kier molecular flexibility index (Phi) is 5.06. The lowest BCUT2D eigenvalue weighted by Gasteiger charge is -2.27. The zero-order valence-corrected chi connectivity index (χ0v) is 14.7. The highest BCUT2D eigenvalue weighted by Crippen LogP contribution is 2.33. The van der Waals surface area contributed by atoms with E-state index in [0.29, 0.717) is 37.0 Å². The topological polar surface area (TPSA) is 81.5 Å². The smallest absolute Gasteiger partial charge is 0.323 e. The van der Waals surface area contributed by atoms with Crippen LogP contribution in [-0.2, 0) is 6.54 Å². The summed E-state index contributed by atoms with van der Waals surface area (Å²) in [6.07, 6.45) is 2.47. The van der Waals surface area contributed by atoms with Gasteiger partial charge in [-0.2, -0.15) is 0 Å². The number of fused-ring (bicyclic) bond motifs is 1. The minimum absolute atomic E-state index is 0.191. The number of ether oxygens (including phenoxy) is 2. The Morgan fingerprint density at radius 3 is 2.96 bits per heavy atom. The van der Waals surface area contributed by atoms with E-state index in [-0.39, 0.29) is 12.1 Å². The molecule has 1 aliphatic heterocycles. The van der Waals surface area contributed by atoms with Gasteiger partial charge < -0.3 is 14.4 Å². The van der Waals surface area contributed by atoms with Gasteiger partial charge in [-0.3, -0.25) is 5.32 Å². The molecule has 8 heteroatoms. The highest BCUT2D eigenvalue weighted by molar-refractivity contribution is 5.88. The second-order valence-corrected chi connectivity index (χ2v) is 6.18. The van der Waals surface area contributed by atoms with Crippen molar-refractivity contribution in [3.05, 3.63) is 30.0 Å². The second kappa shape index (κ2) is 7.42. The van der Waals surface area contributed by atoms with E-state index in [9.17, 15) is 4.79 Å². The fraction of sp³-hybridized carbons (Fsp3) is 0.471. The number of para-hydroxylation sites is 1. The van der Waals surface area contributed by atoms with Crippen LogP contribution >= 0.6 is 0 Å². The summed E-state index contributed by atoms with van der Waals surface area (Å²) in [5, 5.41) is 10.8. The molecule has 1 N–H and O–H groups in total. The van der Waals surface area contributed by atoms with Crippen molar-refractivity contribution in [3.8, 4) is 11.5 Å². The Morgan fingerprint density at radius 2 is 2.24 bits per heavy atom. The quantitative estimate of drug-likeness (QED) is 0.925. The summed E-state index contributed by atoms with van der Waals surface area (Å²) < 4.78 is 12.9. The van der Waals surface area contributed by atoms with Gasteiger partial charge in [0.2, 0.25) is 0 Å². The van der Waals surface area contributed by atoms with Crippen LogP contribution in [0.1, 0.15) is 31.9 Å². The van der Waals surface area contributed by atoms with Gasteiger partial charge in [0, 0.05) is 18.2 Å². The number of anilines is 1. The van der Waals surface area contributed by atoms with Gasteiger partial charge in [0.15, 0.2) is 17.3 Å². The number of nitrogens with one attached hydrogen (secondary N) is 1. The highest BCUT2D eigenvalue weighted by Gasteiger charge is 2.21. The Bertz CT molecular complexity index is 744. The van der Waals surface area contributed by atoms with Crippen molar-refractivity contribution >= 4 is 11.8 Å². The Balaban J connectivity index is 1.75. The lowest BCUT2D eigenvalue weighted by molar-refractivity contribution is 0.191. The number of nitrogens with zero attached hydrogens (tertiary/aromatic N) is 4. The van der Waals surface area contributed by atoms with Gasteiger partial charge in [0.1, 0.15) is 0 Å². The molecular weight excluding hydrogens is 322 g/mol. The molecule has 0 saturated carbocycles. The van der Waals surface area contributed by atoms with Gasteiger partial charge >= 0.3 is 6.03 Å². The maximum absolute atomic E-state index is 12.6. The van der Waals surface area contributed by atoms with Crippen LogP contribution in [0.3, 0.4) is 0 Å². The van der Waals surface area contributed by atoms with Crippen molar-refractivity contribution < 1.29 is 14.3 Å². The molecule has 134 valence electrons. The zero-order chi connectivity index (χ0) is 17.8. The SMILES string of the molecule is COc1cccc2c1OCCCN(C(=O)Nc1cn(C(C)C)nn1)C2. The number of hydrogen-bond acceptors (Lipinski definition) is 5. The molecule has 0 unspecified atom stereocenters. The van der Waals surface area contributed by atoms with Crippen LogP contribution in [-0.4, -0.2) is 46.2 Å². The van der Waals surface area contributed by atoms with Crippen molar-refractivity contribution in [2.24, 2.45) is 0 Å². The number of hydrogen-bond donors (Lipinski definition) is 1. The minimum Gasteiger partial charge on any atom is -0.493 e. The van der Waals surface area contributed by atoms with Crippen LogP contribution in [0.2, 0.25) is 0 Å². The van der Waals surface area contributed by atoms with Gasteiger partial charge in [-0.05, 0) is 26.3 Å². The summed E-state index contributed by atoms with van der Waals surface area (Å²) in [4.78, 5) is 14.4. The van der Waals surface area contributed by atoms with Crippen molar-refractivity contribution in [2.75, 3.05) is 25.6 Å². The Morgan fingerprint density at radius 1 is 1.40 bits per heavy atom. The molecular formula is C17H23N5O3. The van der Waals surface area contributed by atoms with E-state index in [1.54, 1.807) is 22.9 Å². The first-order valence-corrected chi connectivity index (χ1v) is 8.35. The number of aromatic nitrogens is 3. The number of urea groups is 1. The molecule has 1 aromatic carbocycles. The molecule has 2 heterocycles. The standard InChI is InChI=1S/C17H23N5O3/c1-12(2)22-11-15(19-20-22)18-17(23)21-8-5-9-25-16-13(10-21)6-4-7-14(16)24-3/h4,6-7,11-12H,5,8-10H2,1-3H3,(H,18,23). The van der Waals surface area contributed by atoms with Crippen molar-refractivity contribution in [1.82, 2.24) is 19.9 Å². The number of amides is 2. The van der Waals surface area contributed by atoms with E-state index in [0.717, 1.165) is 12.0 Å². The molecule has 8 nitrogen and oxygen atoms in total. The molecule has 0 spiro atoms. The van der Waals surface area contributed by atoms with E-state index in [4.69, 9.17) is 9.47 Å². The number of rotatable bonds is 3. The number of carbonyl (C=O) groups is 1. The molecule has 3 rings (SSSR count). The molecule has 25 heavy (non-hydrogen) atoms. The minimum atomic E-state index is -0.202. The fourth-order valence-electron chi connectivity index (χ4n) is 2.67. The largest absolute Gasteiger partial charge is 0.493 e. The van der Waals surface area contributed by atoms with Crippen molar-refractivity contribution in [3.63, 3.8) is 0 Å². The van der Waals surface area contributed by atoms with Crippen LogP contribution in [0.15, 0.2) is 24.4 Å². The van der Waals surface area contributed by atoms with Gasteiger partial charge in [-0.15, -0.1) is 5.10 Å². The van der Waals surface area contributed by atoms with Crippen LogP contribution in [0.5, 0.6) is 11.5 Å². The second-order valence-electron chi connectivity index (χ2n) is 6.18. The third-order valence-electron chi connectivity index (χ3n) is 4.02. The Hall–Kier alpha value is -2.77. The predicted octanol–water partition coefficient (Wildman–Crippen LogP) is 2.68. The average molecular weight is 345 g/mol. The van der Waals surface area contributed by atoms with Crippen molar-refractivity contribution in [1.29, 1.82) is 0 Å². The summed E-state index contributed by atoms with van der Waals surface area (Å²) in [5.74, 6) is 1.83. The molecule has 2 aromatic rings. The predicted molar refractivity (Wildman–Crippen MR) is 92.9 cm³/mol. The van der Waals surface area contributed by atoms with Gasteiger partial charge in [0.25, 0.3) is 0 Å². The molecule has 0 saturated heterocycles. The van der Waals surface area contributed by atoms with E-state index < -0.39 is 0 Å². The molecule has 0 bridgehead atoms. The maximum Gasteiger partial charge on any atom is 0.323 e. The maximum atomic E-state index is 12.6. The first-order valence-electron chi connectivity index (χ1n) is 8.35. The average Bonchev–Trinajstić information content (AvgIpc) is 3.03. The third kappa shape index (κ3) is 3.84. The lowest BCUT2D eigenvalue weighted by Crippen LogP contribution is -2.37. The monoisotopic (exact) mass is 345 g/mol. The lowest BCUT2D eigenvalue weighted by atomic mass is 10.1. The third-order valence-corrected chi connectivity index (χ3v) is 4.02. The summed E-state index contributed by atoms with van der Waals surface area (Å²) in [7, 11) is 1.61. The molecule has 0 fully saturated rings. The van der Waals surface area contributed by atoms with Gasteiger partial charge in [-0.1, -0.05) is 17.3 Å². The fourth-order valence-corrected chi connectivity index (χ4v) is 2.67. The van der Waals surface area contributed by atoms with E-state index in [1.165, 1.54) is 0 Å². The summed E-state index contributed by atoms with van der Waals surface area (Å²) in [6.45, 7) is 5.57. The van der Waals surface area contributed by atoms with E-state index in [1.807, 2.05) is 32.0 Å². The number of methoxy groups -OCH3 is 1. The summed E-state index contributed by atoms with van der Waals surface area (Å²) >= 11 is 0. The van der Waals surface area contributed by atoms with Crippen LogP contribution in [0, 0.1) is 0 Å². The van der Waals surface area contributed by atoms with Crippen LogP contribution in [0.4, 0.5) is 10.6 Å². The van der Waals surface area contributed by atoms with Gasteiger partial charge in [-0.25, -0.2) is 9.48 Å². The first kappa shape index (κ1) is 17.1. The first-order chi connectivity index (χ1) is 12.1. The molecule has 1 aromatic heterocycles. The highest BCUT2D eigenvalue weighted by atomic mass is 16.5. The van der Waals surface area contributed by atoms with Gasteiger partial charge in [0.05, 0.1) is 26.5 Å². The molecule has 0 radical (unpaired) electrons. The van der Waals surface area contributed by atoms with Crippen molar-refractivity contribution in [2.45, 2.75) is 32.9 Å². The van der Waals surface area contributed by atoms with Crippen LogP contribution in [0.25, 0.3) is 0 Å². The summed E-state index contributed by atoms with van der Waals surface area (Å²) in [6, 6.07) is 5.68. The van der Waals surface area contributed by atoms with Crippen LogP contribution < -0.4 is 14.8 Å². The normalized spacial score (nSPS) is 14.3. The summed E-state index contributed by atoms with van der Waals surface area (Å²) in [5.41, 5.74) is 0.917. The molecule has 0 atom stereocenters. The zero-order valence-electron chi connectivity index (χ0n) is 14.7. The Labute approximate surface area is 146 Å².